The van der Waals surface area contributed by atoms with Crippen LogP contribution in [-0.2, 0) is 6.54 Å². The Labute approximate surface area is 105 Å². The molecule has 0 radical (unpaired) electrons. The van der Waals surface area contributed by atoms with Crippen molar-refractivity contribution in [3.05, 3.63) is 28.5 Å². The van der Waals surface area contributed by atoms with Gasteiger partial charge in [0.15, 0.2) is 0 Å². The van der Waals surface area contributed by atoms with Crippen LogP contribution in [0.5, 0.6) is 0 Å². The fraction of sp³-hybridized carbons (Fsp3) is 0.583. The summed E-state index contributed by atoms with van der Waals surface area (Å²) in [5, 5.41) is 3.36. The highest BCUT2D eigenvalue weighted by atomic mass is 79.9. The standard InChI is InChI=1S/C12H18BrN3/c1-14-11-3-2-6-16(9-11)8-10-4-5-12(13)15-7-10/h4-5,7,11,14H,2-3,6,8-9H2,1H3. The van der Waals surface area contributed by atoms with Gasteiger partial charge in [-0.1, -0.05) is 6.07 Å². The highest BCUT2D eigenvalue weighted by molar-refractivity contribution is 9.10. The van der Waals surface area contributed by atoms with Crippen molar-refractivity contribution in [1.29, 1.82) is 0 Å². The lowest BCUT2D eigenvalue weighted by Crippen LogP contribution is -2.43. The molecule has 1 aromatic rings. The van der Waals surface area contributed by atoms with E-state index in [4.69, 9.17) is 0 Å². The molecule has 0 aromatic carbocycles. The molecule has 0 saturated carbocycles. The Hall–Kier alpha value is -0.450. The number of likely N-dealkylation sites (N-methyl/N-ethyl adjacent to an activating group) is 1. The van der Waals surface area contributed by atoms with Gasteiger partial charge in [0.2, 0.25) is 0 Å². The first-order chi connectivity index (χ1) is 7.78. The highest BCUT2D eigenvalue weighted by Gasteiger charge is 2.18. The summed E-state index contributed by atoms with van der Waals surface area (Å²) in [5.41, 5.74) is 1.29. The fourth-order valence-electron chi connectivity index (χ4n) is 2.19. The molecule has 1 aromatic heterocycles. The maximum absolute atomic E-state index is 4.26. The number of hydrogen-bond donors (Lipinski definition) is 1. The summed E-state index contributed by atoms with van der Waals surface area (Å²) in [6.07, 6.45) is 4.54. The van der Waals surface area contributed by atoms with Crippen LogP contribution < -0.4 is 5.32 Å². The molecule has 1 unspecified atom stereocenters. The molecule has 16 heavy (non-hydrogen) atoms. The Kier molecular flexibility index (Phi) is 4.32. The Bertz CT molecular complexity index is 326. The Morgan fingerprint density at radius 2 is 2.44 bits per heavy atom. The molecule has 0 bridgehead atoms. The molecule has 1 fully saturated rings. The van der Waals surface area contributed by atoms with Crippen molar-refractivity contribution in [2.45, 2.75) is 25.4 Å². The molecular weight excluding hydrogens is 266 g/mol. The number of piperidine rings is 1. The van der Waals surface area contributed by atoms with E-state index in [0.717, 1.165) is 17.7 Å². The second-order valence-corrected chi connectivity index (χ2v) is 5.16. The molecule has 3 nitrogen and oxygen atoms in total. The zero-order valence-electron chi connectivity index (χ0n) is 9.62. The number of halogens is 1. The molecule has 0 amide bonds. The van der Waals surface area contributed by atoms with Crippen molar-refractivity contribution in [3.8, 4) is 0 Å². The largest absolute Gasteiger partial charge is 0.316 e. The van der Waals surface area contributed by atoms with Gasteiger partial charge in [-0.05, 0) is 54.0 Å². The van der Waals surface area contributed by atoms with Crippen LogP contribution in [0.15, 0.2) is 22.9 Å². The predicted octanol–water partition coefficient (Wildman–Crippen LogP) is 2.03. The summed E-state index contributed by atoms with van der Waals surface area (Å²) in [4.78, 5) is 6.75. The van der Waals surface area contributed by atoms with Crippen LogP contribution in [0.4, 0.5) is 0 Å². The Morgan fingerprint density at radius 1 is 1.56 bits per heavy atom. The van der Waals surface area contributed by atoms with E-state index in [2.05, 4.69) is 44.2 Å². The van der Waals surface area contributed by atoms with Gasteiger partial charge in [-0.25, -0.2) is 4.98 Å². The van der Waals surface area contributed by atoms with Crippen LogP contribution in [0.25, 0.3) is 0 Å². The van der Waals surface area contributed by atoms with Gasteiger partial charge < -0.3 is 5.32 Å². The SMILES string of the molecule is CNC1CCCN(Cc2ccc(Br)nc2)C1. The zero-order chi connectivity index (χ0) is 11.4. The molecule has 2 rings (SSSR count). The van der Waals surface area contributed by atoms with Gasteiger partial charge in [-0.3, -0.25) is 4.90 Å². The zero-order valence-corrected chi connectivity index (χ0v) is 11.2. The number of hydrogen-bond acceptors (Lipinski definition) is 3. The molecule has 1 aliphatic heterocycles. The second-order valence-electron chi connectivity index (χ2n) is 4.35. The first kappa shape index (κ1) is 12.0. The molecule has 2 heterocycles. The molecular formula is C12H18BrN3. The quantitative estimate of drug-likeness (QED) is 0.861. The maximum Gasteiger partial charge on any atom is 0.106 e. The minimum Gasteiger partial charge on any atom is -0.316 e. The number of nitrogens with zero attached hydrogens (tertiary/aromatic N) is 2. The van der Waals surface area contributed by atoms with Crippen LogP contribution in [0.1, 0.15) is 18.4 Å². The summed E-state index contributed by atoms with van der Waals surface area (Å²) in [6, 6.07) is 4.80. The second kappa shape index (κ2) is 5.75. The van der Waals surface area contributed by atoms with Crippen molar-refractivity contribution in [3.63, 3.8) is 0 Å². The van der Waals surface area contributed by atoms with Crippen LogP contribution in [0.3, 0.4) is 0 Å². The van der Waals surface area contributed by atoms with Crippen molar-refractivity contribution in [1.82, 2.24) is 15.2 Å². The third-order valence-corrected chi connectivity index (χ3v) is 3.58. The molecule has 4 heteroatoms. The lowest BCUT2D eigenvalue weighted by atomic mass is 10.1. The van der Waals surface area contributed by atoms with Gasteiger partial charge in [-0.2, -0.15) is 0 Å². The molecule has 0 spiro atoms. The van der Waals surface area contributed by atoms with E-state index in [1.165, 1.54) is 24.9 Å². The molecule has 0 aliphatic carbocycles. The summed E-state index contributed by atoms with van der Waals surface area (Å²) in [5.74, 6) is 0. The minimum atomic E-state index is 0.650. The van der Waals surface area contributed by atoms with E-state index in [1.54, 1.807) is 0 Å². The van der Waals surface area contributed by atoms with Gasteiger partial charge in [0, 0.05) is 25.3 Å². The summed E-state index contributed by atoms with van der Waals surface area (Å²) in [7, 11) is 2.05. The van der Waals surface area contributed by atoms with E-state index in [-0.39, 0.29) is 0 Å². The smallest absolute Gasteiger partial charge is 0.106 e. The number of rotatable bonds is 3. The molecule has 1 aliphatic rings. The number of aromatic nitrogens is 1. The first-order valence-corrected chi connectivity index (χ1v) is 6.57. The molecule has 1 saturated heterocycles. The van der Waals surface area contributed by atoms with Crippen molar-refractivity contribution in [2.75, 3.05) is 20.1 Å². The Morgan fingerprint density at radius 3 is 3.12 bits per heavy atom. The molecule has 1 atom stereocenters. The van der Waals surface area contributed by atoms with E-state index in [0.29, 0.717) is 6.04 Å². The van der Waals surface area contributed by atoms with Gasteiger partial charge in [-0.15, -0.1) is 0 Å². The molecule has 1 N–H and O–H groups in total. The topological polar surface area (TPSA) is 28.2 Å². The monoisotopic (exact) mass is 283 g/mol. The average molecular weight is 284 g/mol. The number of nitrogens with one attached hydrogen (secondary N) is 1. The number of pyridine rings is 1. The maximum atomic E-state index is 4.26. The Balaban J connectivity index is 1.91. The normalized spacial score (nSPS) is 22.2. The lowest BCUT2D eigenvalue weighted by Gasteiger charge is -2.32. The summed E-state index contributed by atoms with van der Waals surface area (Å²) in [6.45, 7) is 3.36. The third kappa shape index (κ3) is 3.27. The van der Waals surface area contributed by atoms with Crippen LogP contribution >= 0.6 is 15.9 Å². The predicted molar refractivity (Wildman–Crippen MR) is 69.3 cm³/mol. The van der Waals surface area contributed by atoms with Gasteiger partial charge in [0.1, 0.15) is 4.60 Å². The first-order valence-electron chi connectivity index (χ1n) is 5.78. The van der Waals surface area contributed by atoms with E-state index in [1.807, 2.05) is 12.3 Å². The highest BCUT2D eigenvalue weighted by Crippen LogP contribution is 2.14. The van der Waals surface area contributed by atoms with E-state index in [9.17, 15) is 0 Å². The van der Waals surface area contributed by atoms with Gasteiger partial charge >= 0.3 is 0 Å². The van der Waals surface area contributed by atoms with Crippen LogP contribution in [0, 0.1) is 0 Å². The van der Waals surface area contributed by atoms with Crippen LogP contribution in [-0.4, -0.2) is 36.1 Å². The average Bonchev–Trinajstić information content (AvgIpc) is 2.32. The van der Waals surface area contributed by atoms with Gasteiger partial charge in [0.25, 0.3) is 0 Å². The molecule has 88 valence electrons. The van der Waals surface area contributed by atoms with E-state index < -0.39 is 0 Å². The van der Waals surface area contributed by atoms with Crippen LogP contribution in [0.2, 0.25) is 0 Å². The van der Waals surface area contributed by atoms with Gasteiger partial charge in [0.05, 0.1) is 0 Å². The van der Waals surface area contributed by atoms with E-state index >= 15 is 0 Å². The fourth-order valence-corrected chi connectivity index (χ4v) is 2.43. The van der Waals surface area contributed by atoms with Crippen molar-refractivity contribution < 1.29 is 0 Å². The third-order valence-electron chi connectivity index (χ3n) is 3.11. The summed E-state index contributed by atoms with van der Waals surface area (Å²) >= 11 is 3.36. The van der Waals surface area contributed by atoms with Crippen molar-refractivity contribution in [2.24, 2.45) is 0 Å². The number of likely N-dealkylation sites (tertiary alicyclic amines) is 1. The minimum absolute atomic E-state index is 0.650. The lowest BCUT2D eigenvalue weighted by molar-refractivity contribution is 0.188. The summed E-state index contributed by atoms with van der Waals surface area (Å²) < 4.78 is 0.906. The van der Waals surface area contributed by atoms with Crippen molar-refractivity contribution >= 4 is 15.9 Å².